The second-order valence-electron chi connectivity index (χ2n) is 8.05. The highest BCUT2D eigenvalue weighted by Gasteiger charge is 2.24. The standard InChI is InChI=1S/C27H20N2O5/c1-15-7-10-17(11-8-15)28-27(32)25-24(19-5-3-4-6-21(19)34-25)29-26(31)23-14-20(30)18-12-9-16(2)13-22(18)33-23/h3-14H,1-2H3,(H,28,32)(H,29,31). The zero-order valence-corrected chi connectivity index (χ0v) is 18.5. The topological polar surface area (TPSA) is 102 Å². The number of amides is 2. The number of fused-ring (bicyclic) bond motifs is 2. The molecule has 7 heteroatoms. The minimum Gasteiger partial charge on any atom is -0.451 e. The Morgan fingerprint density at radius 1 is 0.706 bits per heavy atom. The molecular formula is C27H20N2O5. The van der Waals surface area contributed by atoms with Crippen LogP contribution >= 0.6 is 0 Å². The molecule has 0 fully saturated rings. The lowest BCUT2D eigenvalue weighted by Gasteiger charge is -2.08. The van der Waals surface area contributed by atoms with Crippen molar-refractivity contribution in [2.75, 3.05) is 10.6 Å². The van der Waals surface area contributed by atoms with E-state index in [1.54, 1.807) is 54.6 Å². The van der Waals surface area contributed by atoms with Gasteiger partial charge in [-0.25, -0.2) is 0 Å². The molecule has 0 unspecified atom stereocenters. The van der Waals surface area contributed by atoms with E-state index >= 15 is 0 Å². The first kappa shape index (κ1) is 21.2. The van der Waals surface area contributed by atoms with Gasteiger partial charge in [0.15, 0.2) is 11.2 Å². The molecule has 0 aliphatic rings. The number of benzene rings is 3. The molecule has 2 N–H and O–H groups in total. The van der Waals surface area contributed by atoms with E-state index in [4.69, 9.17) is 8.83 Å². The average Bonchev–Trinajstić information content (AvgIpc) is 3.18. The van der Waals surface area contributed by atoms with Crippen molar-refractivity contribution in [2.24, 2.45) is 0 Å². The number of para-hydroxylation sites is 1. The van der Waals surface area contributed by atoms with Crippen molar-refractivity contribution in [3.05, 3.63) is 106 Å². The predicted octanol–water partition coefficient (Wildman–Crippen LogP) is 5.66. The normalized spacial score (nSPS) is 11.0. The SMILES string of the molecule is Cc1ccc(NC(=O)c2oc3ccccc3c2NC(=O)c2cc(=O)c3ccc(C)cc3o2)cc1. The summed E-state index contributed by atoms with van der Waals surface area (Å²) in [4.78, 5) is 38.6. The molecule has 0 saturated heterocycles. The summed E-state index contributed by atoms with van der Waals surface area (Å²) in [6.45, 7) is 3.81. The molecule has 168 valence electrons. The van der Waals surface area contributed by atoms with Crippen LogP contribution in [0, 0.1) is 13.8 Å². The van der Waals surface area contributed by atoms with Gasteiger partial charge in [0.25, 0.3) is 11.8 Å². The van der Waals surface area contributed by atoms with Gasteiger partial charge in [0.05, 0.1) is 5.39 Å². The molecule has 0 atom stereocenters. The van der Waals surface area contributed by atoms with E-state index in [9.17, 15) is 14.4 Å². The summed E-state index contributed by atoms with van der Waals surface area (Å²) in [5, 5.41) is 6.42. The van der Waals surface area contributed by atoms with Crippen LogP contribution < -0.4 is 16.1 Å². The minimum atomic E-state index is -0.670. The molecule has 0 bridgehead atoms. The van der Waals surface area contributed by atoms with Gasteiger partial charge in [-0.15, -0.1) is 0 Å². The Morgan fingerprint density at radius 2 is 1.44 bits per heavy atom. The highest BCUT2D eigenvalue weighted by atomic mass is 16.4. The summed E-state index contributed by atoms with van der Waals surface area (Å²) in [6, 6.07) is 20.6. The molecule has 0 saturated carbocycles. The number of carbonyl (C=O) groups is 2. The molecule has 5 rings (SSSR count). The van der Waals surface area contributed by atoms with Gasteiger partial charge >= 0.3 is 0 Å². The molecule has 2 amide bonds. The fraction of sp³-hybridized carbons (Fsp3) is 0.0741. The first-order valence-electron chi connectivity index (χ1n) is 10.6. The minimum absolute atomic E-state index is 0.0610. The number of hydrogen-bond acceptors (Lipinski definition) is 5. The fourth-order valence-electron chi connectivity index (χ4n) is 3.70. The summed E-state index contributed by atoms with van der Waals surface area (Å²) in [5.41, 5.74) is 3.14. The van der Waals surface area contributed by atoms with Crippen molar-refractivity contribution in [2.45, 2.75) is 13.8 Å². The molecule has 3 aromatic carbocycles. The average molecular weight is 452 g/mol. The summed E-state index contributed by atoms with van der Waals surface area (Å²) >= 11 is 0. The molecule has 34 heavy (non-hydrogen) atoms. The predicted molar refractivity (Wildman–Crippen MR) is 131 cm³/mol. The van der Waals surface area contributed by atoms with Crippen LogP contribution in [0.1, 0.15) is 32.2 Å². The first-order chi connectivity index (χ1) is 16.4. The number of furan rings is 1. The highest BCUT2D eigenvalue weighted by Crippen LogP contribution is 2.32. The van der Waals surface area contributed by atoms with E-state index in [1.165, 1.54) is 0 Å². The maximum absolute atomic E-state index is 13.1. The van der Waals surface area contributed by atoms with Crippen molar-refractivity contribution < 1.29 is 18.4 Å². The third kappa shape index (κ3) is 3.95. The number of nitrogens with one attached hydrogen (secondary N) is 2. The van der Waals surface area contributed by atoms with Crippen LogP contribution in [0.25, 0.3) is 21.9 Å². The largest absolute Gasteiger partial charge is 0.451 e. The molecule has 0 aliphatic carbocycles. The zero-order chi connectivity index (χ0) is 23.8. The molecular weight excluding hydrogens is 432 g/mol. The van der Waals surface area contributed by atoms with Gasteiger partial charge < -0.3 is 19.5 Å². The molecule has 2 heterocycles. The van der Waals surface area contributed by atoms with E-state index in [0.29, 0.717) is 27.6 Å². The van der Waals surface area contributed by atoms with E-state index in [1.807, 2.05) is 26.0 Å². The maximum Gasteiger partial charge on any atom is 0.293 e. The second-order valence-corrected chi connectivity index (χ2v) is 8.05. The molecule has 0 spiro atoms. The quantitative estimate of drug-likeness (QED) is 0.366. The Bertz CT molecular complexity index is 1630. The lowest BCUT2D eigenvalue weighted by atomic mass is 10.1. The number of carbonyl (C=O) groups excluding carboxylic acids is 2. The second kappa shape index (κ2) is 8.37. The lowest BCUT2D eigenvalue weighted by molar-refractivity contribution is 0.0996. The molecule has 0 aliphatic heterocycles. The van der Waals surface area contributed by atoms with Crippen LogP contribution in [-0.4, -0.2) is 11.8 Å². The van der Waals surface area contributed by atoms with E-state index < -0.39 is 11.8 Å². The van der Waals surface area contributed by atoms with Gasteiger partial charge in [-0.3, -0.25) is 14.4 Å². The molecule has 5 aromatic rings. The summed E-state index contributed by atoms with van der Waals surface area (Å²) in [7, 11) is 0. The van der Waals surface area contributed by atoms with Crippen molar-refractivity contribution in [1.82, 2.24) is 0 Å². The summed E-state index contributed by atoms with van der Waals surface area (Å²) in [6.07, 6.45) is 0. The number of rotatable bonds is 4. The van der Waals surface area contributed by atoms with Gasteiger partial charge in [-0.05, 0) is 55.8 Å². The fourth-order valence-corrected chi connectivity index (χ4v) is 3.70. The smallest absolute Gasteiger partial charge is 0.293 e. The third-order valence-corrected chi connectivity index (χ3v) is 5.46. The number of aryl methyl sites for hydroxylation is 2. The van der Waals surface area contributed by atoms with Crippen molar-refractivity contribution in [1.29, 1.82) is 0 Å². The third-order valence-electron chi connectivity index (χ3n) is 5.46. The van der Waals surface area contributed by atoms with Crippen molar-refractivity contribution in [3.63, 3.8) is 0 Å². The van der Waals surface area contributed by atoms with Crippen molar-refractivity contribution >= 4 is 45.1 Å². The molecule has 2 aromatic heterocycles. The van der Waals surface area contributed by atoms with Crippen LogP contribution in [0.5, 0.6) is 0 Å². The number of hydrogen-bond donors (Lipinski definition) is 2. The van der Waals surface area contributed by atoms with E-state index in [2.05, 4.69) is 10.6 Å². The monoisotopic (exact) mass is 452 g/mol. The van der Waals surface area contributed by atoms with Crippen LogP contribution in [0.15, 0.2) is 86.4 Å². The van der Waals surface area contributed by atoms with Crippen molar-refractivity contribution in [3.8, 4) is 0 Å². The van der Waals surface area contributed by atoms with Crippen LogP contribution in [0.3, 0.4) is 0 Å². The van der Waals surface area contributed by atoms with E-state index in [0.717, 1.165) is 17.2 Å². The van der Waals surface area contributed by atoms with Crippen LogP contribution in [0.4, 0.5) is 11.4 Å². The Kier molecular flexibility index (Phi) is 5.22. The maximum atomic E-state index is 13.1. The zero-order valence-electron chi connectivity index (χ0n) is 18.5. The Morgan fingerprint density at radius 3 is 2.24 bits per heavy atom. The highest BCUT2D eigenvalue weighted by molar-refractivity contribution is 6.16. The summed E-state index contributed by atoms with van der Waals surface area (Å²) < 4.78 is 11.5. The first-order valence-corrected chi connectivity index (χ1v) is 10.6. The Hall–Kier alpha value is -4.65. The van der Waals surface area contributed by atoms with Gasteiger partial charge in [0.2, 0.25) is 5.76 Å². The van der Waals surface area contributed by atoms with Gasteiger partial charge in [0.1, 0.15) is 16.9 Å². The van der Waals surface area contributed by atoms with Gasteiger partial charge in [-0.1, -0.05) is 35.9 Å². The van der Waals surface area contributed by atoms with Gasteiger partial charge in [0, 0.05) is 17.1 Å². The molecule has 7 nitrogen and oxygen atoms in total. The van der Waals surface area contributed by atoms with E-state index in [-0.39, 0.29) is 22.6 Å². The lowest BCUT2D eigenvalue weighted by Crippen LogP contribution is -2.18. The van der Waals surface area contributed by atoms with Gasteiger partial charge in [-0.2, -0.15) is 0 Å². The summed E-state index contributed by atoms with van der Waals surface area (Å²) in [5.74, 6) is -1.42. The number of anilines is 2. The molecule has 0 radical (unpaired) electrons. The van der Waals surface area contributed by atoms with Crippen LogP contribution in [-0.2, 0) is 0 Å². The van der Waals surface area contributed by atoms with Crippen LogP contribution in [0.2, 0.25) is 0 Å². The Balaban J connectivity index is 1.52. The Labute approximate surface area is 194 Å².